The third-order valence-corrected chi connectivity index (χ3v) is 9.29. The zero-order valence-electron chi connectivity index (χ0n) is 24.2. The van der Waals surface area contributed by atoms with E-state index in [4.69, 9.17) is 0 Å². The molecule has 0 radical (unpaired) electrons. The number of aryl methyl sites for hydroxylation is 1. The van der Waals surface area contributed by atoms with Crippen LogP contribution in [0.2, 0.25) is 0 Å². The van der Waals surface area contributed by atoms with Crippen molar-refractivity contribution in [2.75, 3.05) is 39.5 Å². The Hall–Kier alpha value is -2.91. The summed E-state index contributed by atoms with van der Waals surface area (Å²) >= 11 is 0. The SMILES string of the molecule is CCCCCCCc1c(C2=CCCC=C2)n2c3cc(ccc13)C(=O)NS(=O)(=O)CCCN(C)CCN(C)C(=O)C2. The number of nitrogens with one attached hydrogen (secondary N) is 1. The summed E-state index contributed by atoms with van der Waals surface area (Å²) in [7, 11) is -0.0315. The van der Waals surface area contributed by atoms with Gasteiger partial charge in [-0.15, -0.1) is 0 Å². The van der Waals surface area contributed by atoms with E-state index >= 15 is 0 Å². The molecule has 1 aromatic heterocycles. The van der Waals surface area contributed by atoms with Crippen LogP contribution in [0.1, 0.15) is 79.9 Å². The van der Waals surface area contributed by atoms with Gasteiger partial charge in [0.15, 0.2) is 0 Å². The van der Waals surface area contributed by atoms with Crippen molar-refractivity contribution in [2.45, 2.75) is 71.3 Å². The van der Waals surface area contributed by atoms with Crippen LogP contribution < -0.4 is 4.72 Å². The van der Waals surface area contributed by atoms with Crippen molar-refractivity contribution in [3.63, 3.8) is 0 Å². The molecule has 1 N–H and O–H groups in total. The molecular formula is C31H44N4O4S. The largest absolute Gasteiger partial charge is 0.343 e. The molecular weight excluding hydrogens is 524 g/mol. The van der Waals surface area contributed by atoms with Gasteiger partial charge in [0.2, 0.25) is 15.9 Å². The van der Waals surface area contributed by atoms with E-state index in [0.717, 1.165) is 54.3 Å². The first kappa shape index (κ1) is 30.1. The van der Waals surface area contributed by atoms with Gasteiger partial charge in [0, 0.05) is 31.1 Å². The van der Waals surface area contributed by atoms with Gasteiger partial charge in [0.05, 0.1) is 17.0 Å². The van der Waals surface area contributed by atoms with E-state index in [2.05, 4.69) is 34.4 Å². The number of unbranched alkanes of at least 4 members (excludes halogenated alkanes) is 4. The van der Waals surface area contributed by atoms with Crippen molar-refractivity contribution in [3.05, 3.63) is 53.2 Å². The number of allylic oxidation sites excluding steroid dienone is 4. The highest BCUT2D eigenvalue weighted by molar-refractivity contribution is 7.90. The lowest BCUT2D eigenvalue weighted by molar-refractivity contribution is -0.130. The molecule has 0 atom stereocenters. The maximum absolute atomic E-state index is 13.6. The fraction of sp³-hybridized carbons (Fsp3) is 0.548. The van der Waals surface area contributed by atoms with Crippen molar-refractivity contribution in [3.8, 4) is 0 Å². The highest BCUT2D eigenvalue weighted by Gasteiger charge is 2.25. The van der Waals surface area contributed by atoms with Crippen LogP contribution >= 0.6 is 0 Å². The number of carbonyl (C=O) groups excluding carboxylic acids is 2. The minimum Gasteiger partial charge on any atom is -0.343 e. The van der Waals surface area contributed by atoms with Gasteiger partial charge in [-0.3, -0.25) is 9.59 Å². The van der Waals surface area contributed by atoms with Crippen molar-refractivity contribution in [1.82, 2.24) is 19.1 Å². The highest BCUT2D eigenvalue weighted by Crippen LogP contribution is 2.35. The van der Waals surface area contributed by atoms with Crippen molar-refractivity contribution in [1.29, 1.82) is 0 Å². The highest BCUT2D eigenvalue weighted by atomic mass is 32.2. The molecule has 2 aromatic rings. The number of aromatic nitrogens is 1. The average Bonchev–Trinajstić information content (AvgIpc) is 3.23. The molecule has 2 heterocycles. The molecule has 40 heavy (non-hydrogen) atoms. The van der Waals surface area contributed by atoms with Gasteiger partial charge in [0.1, 0.15) is 6.54 Å². The summed E-state index contributed by atoms with van der Waals surface area (Å²) in [6.45, 7) is 4.09. The first-order chi connectivity index (χ1) is 19.2. The quantitative estimate of drug-likeness (QED) is 0.487. The Morgan fingerprint density at radius 3 is 2.52 bits per heavy atom. The number of rotatable bonds is 7. The number of carbonyl (C=O) groups is 2. The van der Waals surface area contributed by atoms with Crippen LogP contribution in [-0.4, -0.2) is 74.1 Å². The zero-order valence-corrected chi connectivity index (χ0v) is 25.1. The van der Waals surface area contributed by atoms with Gasteiger partial charge < -0.3 is 14.4 Å². The second-order valence-electron chi connectivity index (χ2n) is 11.2. The lowest BCUT2D eigenvalue weighted by Crippen LogP contribution is -2.38. The minimum atomic E-state index is -3.77. The summed E-state index contributed by atoms with van der Waals surface area (Å²) in [5.74, 6) is -0.771. The standard InChI is InChI=1S/C31H44N4O4S/c1-4-5-6-7-11-15-27-26-17-16-25-22-28(26)35(30(27)24-13-9-8-10-14-24)23-29(36)34(3)20-19-33(2)18-12-21-40(38,39)32-31(25)37/h9,13-14,16-17,22H,4-8,10-12,15,18-21,23H2,1-3H3,(H,32,37). The van der Waals surface area contributed by atoms with Crippen LogP contribution in [0.5, 0.6) is 0 Å². The summed E-state index contributed by atoms with van der Waals surface area (Å²) in [6.07, 6.45) is 15.6. The smallest absolute Gasteiger partial charge is 0.264 e. The van der Waals surface area contributed by atoms with Gasteiger partial charge in [0.25, 0.3) is 5.91 Å². The Labute approximate surface area is 239 Å². The normalized spacial score (nSPS) is 19.3. The molecule has 2 amide bonds. The molecule has 4 rings (SSSR count). The molecule has 0 saturated heterocycles. The molecule has 1 aromatic carbocycles. The summed E-state index contributed by atoms with van der Waals surface area (Å²) < 4.78 is 29.7. The van der Waals surface area contributed by atoms with E-state index in [1.165, 1.54) is 24.8 Å². The molecule has 1 aliphatic heterocycles. The first-order valence-electron chi connectivity index (χ1n) is 14.7. The number of benzene rings is 1. The monoisotopic (exact) mass is 568 g/mol. The van der Waals surface area contributed by atoms with Gasteiger partial charge in [-0.1, -0.05) is 56.9 Å². The van der Waals surface area contributed by atoms with Crippen LogP contribution in [0.25, 0.3) is 16.5 Å². The summed E-state index contributed by atoms with van der Waals surface area (Å²) in [5, 5.41) is 1.01. The first-order valence-corrected chi connectivity index (χ1v) is 16.3. The molecule has 2 bridgehead atoms. The number of likely N-dealkylation sites (N-methyl/N-ethyl adjacent to an activating group) is 2. The van der Waals surface area contributed by atoms with Crippen LogP contribution in [0.3, 0.4) is 0 Å². The molecule has 0 spiro atoms. The summed E-state index contributed by atoms with van der Waals surface area (Å²) in [6, 6.07) is 5.39. The van der Waals surface area contributed by atoms with Crippen molar-refractivity contribution in [2.24, 2.45) is 0 Å². The molecule has 8 nitrogen and oxygen atoms in total. The lowest BCUT2D eigenvalue weighted by atomic mass is 9.96. The van der Waals surface area contributed by atoms with Crippen LogP contribution in [0.4, 0.5) is 0 Å². The zero-order chi connectivity index (χ0) is 28.7. The van der Waals surface area contributed by atoms with E-state index in [0.29, 0.717) is 26.1 Å². The van der Waals surface area contributed by atoms with Gasteiger partial charge in [-0.2, -0.15) is 0 Å². The third-order valence-electron chi connectivity index (χ3n) is 7.97. The molecule has 2 aliphatic rings. The molecule has 218 valence electrons. The Kier molecular flexibility index (Phi) is 10.2. The summed E-state index contributed by atoms with van der Waals surface area (Å²) in [4.78, 5) is 30.4. The second-order valence-corrected chi connectivity index (χ2v) is 13.0. The topological polar surface area (TPSA) is 91.7 Å². The molecule has 0 unspecified atom stereocenters. The predicted molar refractivity (Wildman–Crippen MR) is 162 cm³/mol. The Bertz CT molecular complexity index is 1390. The van der Waals surface area contributed by atoms with E-state index in [1.54, 1.807) is 17.0 Å². The number of hydrogen-bond donors (Lipinski definition) is 1. The lowest BCUT2D eigenvalue weighted by Gasteiger charge is -2.23. The van der Waals surface area contributed by atoms with Crippen LogP contribution in [0, 0.1) is 0 Å². The second kappa shape index (κ2) is 13.6. The number of nitrogens with zero attached hydrogens (tertiary/aromatic N) is 3. The van der Waals surface area contributed by atoms with E-state index in [9.17, 15) is 18.0 Å². The fourth-order valence-electron chi connectivity index (χ4n) is 5.59. The van der Waals surface area contributed by atoms with Crippen molar-refractivity contribution >= 4 is 38.3 Å². The molecule has 0 fully saturated rings. The van der Waals surface area contributed by atoms with Crippen LogP contribution in [-0.2, 0) is 27.8 Å². The Balaban J connectivity index is 1.84. The number of amides is 2. The third kappa shape index (κ3) is 7.43. The van der Waals surface area contributed by atoms with Gasteiger partial charge in [-0.05, 0) is 69.0 Å². The number of sulfonamides is 1. The van der Waals surface area contributed by atoms with E-state index in [-0.39, 0.29) is 23.8 Å². The van der Waals surface area contributed by atoms with Crippen LogP contribution in [0.15, 0.2) is 36.4 Å². The number of hydrogen-bond acceptors (Lipinski definition) is 5. The fourth-order valence-corrected chi connectivity index (χ4v) is 6.60. The van der Waals surface area contributed by atoms with E-state index < -0.39 is 15.9 Å². The van der Waals surface area contributed by atoms with E-state index in [1.807, 2.05) is 25.1 Å². The Morgan fingerprint density at radius 2 is 1.77 bits per heavy atom. The Morgan fingerprint density at radius 1 is 0.975 bits per heavy atom. The molecule has 9 heteroatoms. The maximum Gasteiger partial charge on any atom is 0.264 e. The predicted octanol–water partition coefficient (Wildman–Crippen LogP) is 4.74. The molecule has 1 aliphatic carbocycles. The maximum atomic E-state index is 13.6. The average molecular weight is 569 g/mol. The van der Waals surface area contributed by atoms with Gasteiger partial charge >= 0.3 is 0 Å². The molecule has 0 saturated carbocycles. The minimum absolute atomic E-state index is 0.00552. The summed E-state index contributed by atoms with van der Waals surface area (Å²) in [5.41, 5.74) is 4.39. The van der Waals surface area contributed by atoms with Crippen molar-refractivity contribution < 1.29 is 18.0 Å². The number of fused-ring (bicyclic) bond motifs is 1. The van der Waals surface area contributed by atoms with Gasteiger partial charge in [-0.25, -0.2) is 13.1 Å².